The van der Waals surface area contributed by atoms with Crippen molar-refractivity contribution < 1.29 is 28.8 Å². The quantitative estimate of drug-likeness (QED) is 0.416. The number of benzene rings is 1. The lowest BCUT2D eigenvalue weighted by Gasteiger charge is -2.06. The Bertz CT molecular complexity index is 573. The maximum absolute atomic E-state index is 11.3. The Kier molecular flexibility index (Phi) is 5.62. The summed E-state index contributed by atoms with van der Waals surface area (Å²) in [7, 11) is 0. The van der Waals surface area contributed by atoms with Gasteiger partial charge in [-0.2, -0.15) is 0 Å². The Labute approximate surface area is 118 Å². The van der Waals surface area contributed by atoms with Crippen LogP contribution in [0.2, 0.25) is 0 Å². The van der Waals surface area contributed by atoms with Gasteiger partial charge in [-0.25, -0.2) is 9.59 Å². The molecule has 0 saturated heterocycles. The van der Waals surface area contributed by atoms with E-state index >= 15 is 0 Å². The molecule has 10 nitrogen and oxygen atoms in total. The maximum atomic E-state index is 11.3. The molecule has 0 atom stereocenters. The van der Waals surface area contributed by atoms with Gasteiger partial charge in [0.25, 0.3) is 5.91 Å². The molecule has 112 valence electrons. The molecular weight excluding hydrogens is 286 g/mol. The Hall–Kier alpha value is -3.17. The standard InChI is InChI=1S/C11H11N3O7/c12-11(17)13-9(15)5-21-10(16)6-20-8-4-2-1-3-7(8)14(18)19/h1-4H,5-6H2,(H3,12,13,15,17). The van der Waals surface area contributed by atoms with Gasteiger partial charge in [0.2, 0.25) is 0 Å². The van der Waals surface area contributed by atoms with Crippen molar-refractivity contribution in [3.05, 3.63) is 34.4 Å². The highest BCUT2D eigenvalue weighted by Gasteiger charge is 2.16. The van der Waals surface area contributed by atoms with Crippen LogP contribution in [0.4, 0.5) is 10.5 Å². The van der Waals surface area contributed by atoms with Crippen molar-refractivity contribution in [1.82, 2.24) is 5.32 Å². The monoisotopic (exact) mass is 297 g/mol. The second-order valence-corrected chi connectivity index (χ2v) is 3.59. The normalized spacial score (nSPS) is 9.52. The molecule has 10 heteroatoms. The van der Waals surface area contributed by atoms with Gasteiger partial charge in [0.15, 0.2) is 19.0 Å². The molecular formula is C11H11N3O7. The highest BCUT2D eigenvalue weighted by atomic mass is 16.6. The van der Waals surface area contributed by atoms with E-state index in [0.29, 0.717) is 0 Å². The Morgan fingerprint density at radius 3 is 2.52 bits per heavy atom. The minimum Gasteiger partial charge on any atom is -0.475 e. The number of carbonyl (C=O) groups excluding carboxylic acids is 3. The first-order valence-corrected chi connectivity index (χ1v) is 5.51. The molecule has 0 radical (unpaired) electrons. The lowest BCUT2D eigenvalue weighted by molar-refractivity contribution is -0.385. The van der Waals surface area contributed by atoms with Crippen LogP contribution in [0, 0.1) is 10.1 Å². The molecule has 0 bridgehead atoms. The summed E-state index contributed by atoms with van der Waals surface area (Å²) in [5.74, 6) is -1.95. The summed E-state index contributed by atoms with van der Waals surface area (Å²) in [6.45, 7) is -1.35. The fraction of sp³-hybridized carbons (Fsp3) is 0.182. The highest BCUT2D eigenvalue weighted by Crippen LogP contribution is 2.25. The van der Waals surface area contributed by atoms with Gasteiger partial charge in [-0.3, -0.25) is 20.2 Å². The van der Waals surface area contributed by atoms with Gasteiger partial charge in [-0.1, -0.05) is 12.1 Å². The Balaban J connectivity index is 2.45. The Morgan fingerprint density at radius 1 is 1.24 bits per heavy atom. The number of primary amides is 1. The van der Waals surface area contributed by atoms with Crippen molar-refractivity contribution in [3.63, 3.8) is 0 Å². The van der Waals surface area contributed by atoms with Crippen molar-refractivity contribution in [2.45, 2.75) is 0 Å². The molecule has 3 N–H and O–H groups in total. The summed E-state index contributed by atoms with van der Waals surface area (Å²) in [5.41, 5.74) is 4.37. The van der Waals surface area contributed by atoms with E-state index in [0.717, 1.165) is 0 Å². The van der Waals surface area contributed by atoms with Crippen molar-refractivity contribution in [3.8, 4) is 5.75 Å². The third-order valence-corrected chi connectivity index (χ3v) is 2.03. The lowest BCUT2D eigenvalue weighted by Crippen LogP contribution is -2.38. The molecule has 1 aromatic rings. The molecule has 3 amide bonds. The third kappa shape index (κ3) is 5.55. The molecule has 1 rings (SSSR count). The summed E-state index contributed by atoms with van der Waals surface area (Å²) in [5, 5.41) is 12.4. The molecule has 0 aliphatic rings. The third-order valence-electron chi connectivity index (χ3n) is 2.03. The summed E-state index contributed by atoms with van der Waals surface area (Å²) < 4.78 is 9.41. The fourth-order valence-corrected chi connectivity index (χ4v) is 1.23. The van der Waals surface area contributed by atoms with Crippen LogP contribution in [-0.2, 0) is 14.3 Å². The van der Waals surface area contributed by atoms with Crippen molar-refractivity contribution in [2.75, 3.05) is 13.2 Å². The summed E-state index contributed by atoms with van der Waals surface area (Å²) in [4.78, 5) is 42.6. The van der Waals surface area contributed by atoms with Crippen LogP contribution in [0.15, 0.2) is 24.3 Å². The number of nitro benzene ring substituents is 1. The molecule has 0 spiro atoms. The number of para-hydroxylation sites is 2. The number of carbonyl (C=O) groups is 3. The van der Waals surface area contributed by atoms with Crippen LogP contribution in [0.1, 0.15) is 0 Å². The zero-order valence-electron chi connectivity index (χ0n) is 10.6. The molecule has 0 aliphatic carbocycles. The maximum Gasteiger partial charge on any atom is 0.344 e. The zero-order chi connectivity index (χ0) is 15.8. The minimum atomic E-state index is -1.08. The predicted molar refractivity (Wildman–Crippen MR) is 67.3 cm³/mol. The van der Waals surface area contributed by atoms with Gasteiger partial charge in [0, 0.05) is 6.07 Å². The van der Waals surface area contributed by atoms with Gasteiger partial charge in [0.05, 0.1) is 4.92 Å². The number of hydrogen-bond donors (Lipinski definition) is 2. The van der Waals surface area contributed by atoms with E-state index in [1.807, 2.05) is 0 Å². The molecule has 0 heterocycles. The van der Waals surface area contributed by atoms with E-state index in [1.54, 1.807) is 5.32 Å². The molecule has 21 heavy (non-hydrogen) atoms. The van der Waals surface area contributed by atoms with Gasteiger partial charge in [-0.05, 0) is 6.07 Å². The van der Waals surface area contributed by atoms with Gasteiger partial charge in [-0.15, -0.1) is 0 Å². The number of imide groups is 1. The SMILES string of the molecule is NC(=O)NC(=O)COC(=O)COc1ccccc1[N+](=O)[O-]. The second-order valence-electron chi connectivity index (χ2n) is 3.59. The number of hydrogen-bond acceptors (Lipinski definition) is 7. The van der Waals surface area contributed by atoms with Gasteiger partial charge in [0.1, 0.15) is 0 Å². The first-order chi connectivity index (χ1) is 9.90. The number of ether oxygens (including phenoxy) is 2. The van der Waals surface area contributed by atoms with E-state index in [4.69, 9.17) is 4.74 Å². The molecule has 0 saturated carbocycles. The smallest absolute Gasteiger partial charge is 0.344 e. The number of nitrogens with zero attached hydrogens (tertiary/aromatic N) is 1. The fourth-order valence-electron chi connectivity index (χ4n) is 1.23. The second kappa shape index (κ2) is 7.43. The topological polar surface area (TPSA) is 151 Å². The Morgan fingerprint density at radius 2 is 1.90 bits per heavy atom. The number of nitrogens with one attached hydrogen (secondary N) is 1. The van der Waals surface area contributed by atoms with Crippen LogP contribution in [0.3, 0.4) is 0 Å². The number of urea groups is 1. The summed E-state index contributed by atoms with van der Waals surface area (Å²) >= 11 is 0. The molecule has 0 aliphatic heterocycles. The predicted octanol–water partition coefficient (Wildman–Crippen LogP) is -0.288. The van der Waals surface area contributed by atoms with Crippen LogP contribution in [0.25, 0.3) is 0 Å². The van der Waals surface area contributed by atoms with Crippen LogP contribution >= 0.6 is 0 Å². The number of nitro groups is 1. The summed E-state index contributed by atoms with van der Waals surface area (Å²) in [6.07, 6.45) is 0. The molecule has 1 aromatic carbocycles. The largest absolute Gasteiger partial charge is 0.475 e. The van der Waals surface area contributed by atoms with E-state index in [-0.39, 0.29) is 11.4 Å². The lowest BCUT2D eigenvalue weighted by atomic mass is 10.3. The molecule has 0 fully saturated rings. The van der Waals surface area contributed by atoms with E-state index in [2.05, 4.69) is 10.5 Å². The van der Waals surface area contributed by atoms with Crippen molar-refractivity contribution >= 4 is 23.6 Å². The van der Waals surface area contributed by atoms with E-state index in [1.165, 1.54) is 24.3 Å². The average molecular weight is 297 g/mol. The van der Waals surface area contributed by atoms with Crippen molar-refractivity contribution in [2.24, 2.45) is 5.73 Å². The first kappa shape index (κ1) is 15.9. The minimum absolute atomic E-state index is 0.110. The van der Waals surface area contributed by atoms with E-state index in [9.17, 15) is 24.5 Å². The molecule has 0 aromatic heterocycles. The van der Waals surface area contributed by atoms with Crippen LogP contribution in [0.5, 0.6) is 5.75 Å². The van der Waals surface area contributed by atoms with Gasteiger partial charge < -0.3 is 15.2 Å². The highest BCUT2D eigenvalue weighted by molar-refractivity contribution is 5.94. The first-order valence-electron chi connectivity index (χ1n) is 5.51. The average Bonchev–Trinajstić information content (AvgIpc) is 2.42. The zero-order valence-corrected chi connectivity index (χ0v) is 10.6. The number of amides is 3. The number of nitrogens with two attached hydrogens (primary N) is 1. The van der Waals surface area contributed by atoms with Crippen molar-refractivity contribution in [1.29, 1.82) is 0 Å². The summed E-state index contributed by atoms with van der Waals surface area (Å²) in [6, 6.07) is 4.38. The van der Waals surface area contributed by atoms with Gasteiger partial charge >= 0.3 is 17.7 Å². The number of rotatable bonds is 6. The van der Waals surface area contributed by atoms with E-state index < -0.39 is 36.0 Å². The van der Waals surface area contributed by atoms with Crippen LogP contribution < -0.4 is 15.8 Å². The molecule has 0 unspecified atom stereocenters. The number of esters is 1. The van der Waals surface area contributed by atoms with Crippen LogP contribution in [-0.4, -0.2) is 36.0 Å².